The van der Waals surface area contributed by atoms with Gasteiger partial charge in [-0.15, -0.1) is 0 Å². The van der Waals surface area contributed by atoms with Gasteiger partial charge in [0.05, 0.1) is 6.42 Å². The molecule has 0 aromatic heterocycles. The van der Waals surface area contributed by atoms with E-state index in [1.807, 2.05) is 45.0 Å². The van der Waals surface area contributed by atoms with Gasteiger partial charge in [0.25, 0.3) is 0 Å². The molecule has 0 spiro atoms. The highest BCUT2D eigenvalue weighted by Crippen LogP contribution is 2.25. The van der Waals surface area contributed by atoms with Gasteiger partial charge in [-0.3, -0.25) is 14.4 Å². The highest BCUT2D eigenvalue weighted by atomic mass is 16.6. The van der Waals surface area contributed by atoms with Crippen LogP contribution in [0.4, 0.5) is 4.79 Å². The lowest BCUT2D eigenvalue weighted by Crippen LogP contribution is -2.54. The number of hydrogen-bond donors (Lipinski definition) is 3. The molecule has 1 aromatic carbocycles. The first-order valence-electron chi connectivity index (χ1n) is 14.7. The standard InChI is InChI=1S/C31H52N4O5/c1-8-10-11-12-13-14-20-35(29(38)25(21-26(32)36)34-30(39)40-31(5,6)7)27(24-18-16-22(3)17-19-24)28(37)33-23(4)15-9-2/h16-19,23,25,27H,8-15,20-21H2,1-7H3,(H2,32,36)(H,33,37)(H,34,39). The summed E-state index contributed by atoms with van der Waals surface area (Å²) in [5.41, 5.74) is 6.36. The van der Waals surface area contributed by atoms with Gasteiger partial charge in [0.1, 0.15) is 17.7 Å². The number of amides is 4. The van der Waals surface area contributed by atoms with E-state index in [1.165, 1.54) is 4.90 Å². The van der Waals surface area contributed by atoms with Crippen molar-refractivity contribution >= 4 is 23.8 Å². The molecule has 1 rings (SSSR count). The van der Waals surface area contributed by atoms with Crippen LogP contribution in [0.25, 0.3) is 0 Å². The molecule has 0 aliphatic carbocycles. The molecule has 4 N–H and O–H groups in total. The van der Waals surface area contributed by atoms with Crippen LogP contribution in [0, 0.1) is 6.92 Å². The Balaban J connectivity index is 3.45. The predicted molar refractivity (Wildman–Crippen MR) is 158 cm³/mol. The van der Waals surface area contributed by atoms with Crippen LogP contribution in [-0.2, 0) is 19.1 Å². The lowest BCUT2D eigenvalue weighted by atomic mass is 9.99. The van der Waals surface area contributed by atoms with Crippen molar-refractivity contribution in [1.82, 2.24) is 15.5 Å². The number of nitrogens with one attached hydrogen (secondary N) is 2. The number of hydrogen-bond acceptors (Lipinski definition) is 5. The van der Waals surface area contributed by atoms with Crippen molar-refractivity contribution in [3.05, 3.63) is 35.4 Å². The van der Waals surface area contributed by atoms with Crippen LogP contribution in [0.1, 0.15) is 116 Å². The summed E-state index contributed by atoms with van der Waals surface area (Å²) >= 11 is 0. The maximum atomic E-state index is 14.1. The quantitative estimate of drug-likeness (QED) is 0.223. The van der Waals surface area contributed by atoms with E-state index in [4.69, 9.17) is 10.5 Å². The number of rotatable bonds is 17. The van der Waals surface area contributed by atoms with Gasteiger partial charge in [-0.25, -0.2) is 4.79 Å². The number of aryl methyl sites for hydroxylation is 1. The molecule has 3 atom stereocenters. The van der Waals surface area contributed by atoms with E-state index >= 15 is 0 Å². The molecule has 3 unspecified atom stereocenters. The van der Waals surface area contributed by atoms with Crippen molar-refractivity contribution in [2.45, 2.75) is 130 Å². The fourth-order valence-electron chi connectivity index (χ4n) is 4.53. The molecule has 0 radical (unpaired) electrons. The van der Waals surface area contributed by atoms with E-state index < -0.39 is 42.0 Å². The van der Waals surface area contributed by atoms with Crippen LogP contribution < -0.4 is 16.4 Å². The van der Waals surface area contributed by atoms with E-state index in [1.54, 1.807) is 20.8 Å². The zero-order valence-electron chi connectivity index (χ0n) is 25.7. The Hall–Kier alpha value is -3.10. The van der Waals surface area contributed by atoms with Crippen molar-refractivity contribution in [1.29, 1.82) is 0 Å². The summed E-state index contributed by atoms with van der Waals surface area (Å²) in [7, 11) is 0. The van der Waals surface area contributed by atoms with Crippen LogP contribution >= 0.6 is 0 Å². The van der Waals surface area contributed by atoms with E-state index in [0.717, 1.165) is 50.5 Å². The highest BCUT2D eigenvalue weighted by molar-refractivity contribution is 5.94. The van der Waals surface area contributed by atoms with Gasteiger partial charge >= 0.3 is 6.09 Å². The van der Waals surface area contributed by atoms with Gasteiger partial charge < -0.3 is 26.0 Å². The van der Waals surface area contributed by atoms with Crippen LogP contribution in [0.2, 0.25) is 0 Å². The van der Waals surface area contributed by atoms with Crippen molar-refractivity contribution in [2.75, 3.05) is 6.54 Å². The molecule has 4 amide bonds. The minimum absolute atomic E-state index is 0.0854. The third-order valence-corrected chi connectivity index (χ3v) is 6.49. The van der Waals surface area contributed by atoms with Crippen molar-refractivity contribution < 1.29 is 23.9 Å². The highest BCUT2D eigenvalue weighted by Gasteiger charge is 2.37. The number of nitrogens with two attached hydrogens (primary N) is 1. The molecule has 0 aliphatic heterocycles. The summed E-state index contributed by atoms with van der Waals surface area (Å²) in [4.78, 5) is 54.0. The first-order valence-corrected chi connectivity index (χ1v) is 14.7. The Kier molecular flexibility index (Phi) is 15.3. The van der Waals surface area contributed by atoms with Gasteiger partial charge in [0.15, 0.2) is 0 Å². The summed E-state index contributed by atoms with van der Waals surface area (Å²) < 4.78 is 5.35. The third kappa shape index (κ3) is 13.3. The maximum absolute atomic E-state index is 14.1. The number of nitrogens with zero attached hydrogens (tertiary/aromatic N) is 1. The second-order valence-electron chi connectivity index (χ2n) is 11.7. The summed E-state index contributed by atoms with van der Waals surface area (Å²) in [6.07, 6.45) is 6.40. The van der Waals surface area contributed by atoms with Crippen LogP contribution in [0.15, 0.2) is 24.3 Å². The molecule has 0 fully saturated rings. The average Bonchev–Trinajstić information content (AvgIpc) is 2.84. The van der Waals surface area contributed by atoms with Gasteiger partial charge in [-0.05, 0) is 53.0 Å². The fraction of sp³-hybridized carbons (Fsp3) is 0.677. The van der Waals surface area contributed by atoms with Gasteiger partial charge in [-0.1, -0.05) is 82.2 Å². The number of carbonyl (C=O) groups is 4. The van der Waals surface area contributed by atoms with E-state index in [-0.39, 0.29) is 18.5 Å². The average molecular weight is 561 g/mol. The van der Waals surface area contributed by atoms with Gasteiger partial charge in [0, 0.05) is 12.6 Å². The molecule has 0 saturated heterocycles. The zero-order valence-corrected chi connectivity index (χ0v) is 25.7. The smallest absolute Gasteiger partial charge is 0.408 e. The third-order valence-electron chi connectivity index (χ3n) is 6.49. The molecule has 0 aliphatic rings. The zero-order chi connectivity index (χ0) is 30.3. The summed E-state index contributed by atoms with van der Waals surface area (Å²) in [6.45, 7) is 13.5. The number of unbranched alkanes of at least 4 members (excludes halogenated alkanes) is 5. The Morgan fingerprint density at radius 1 is 0.925 bits per heavy atom. The summed E-state index contributed by atoms with van der Waals surface area (Å²) in [6, 6.07) is 5.18. The number of benzene rings is 1. The minimum atomic E-state index is -1.28. The first kappa shape index (κ1) is 34.9. The topological polar surface area (TPSA) is 131 Å². The van der Waals surface area contributed by atoms with E-state index in [2.05, 4.69) is 17.6 Å². The van der Waals surface area contributed by atoms with E-state index in [0.29, 0.717) is 12.0 Å². The van der Waals surface area contributed by atoms with Crippen molar-refractivity contribution in [2.24, 2.45) is 5.73 Å². The van der Waals surface area contributed by atoms with Crippen LogP contribution in [0.3, 0.4) is 0 Å². The SMILES string of the molecule is CCCCCCCCN(C(=O)C(CC(N)=O)NC(=O)OC(C)(C)C)C(C(=O)NC(C)CCC)c1ccc(C)cc1. The number of ether oxygens (including phenoxy) is 1. The largest absolute Gasteiger partial charge is 0.444 e. The van der Waals surface area contributed by atoms with Crippen LogP contribution in [0.5, 0.6) is 0 Å². The molecule has 0 heterocycles. The molecule has 0 saturated carbocycles. The number of primary amides is 1. The molecule has 9 heteroatoms. The Morgan fingerprint density at radius 2 is 1.52 bits per heavy atom. The predicted octanol–water partition coefficient (Wildman–Crippen LogP) is 5.30. The number of alkyl carbamates (subject to hydrolysis) is 1. The monoisotopic (exact) mass is 560 g/mol. The van der Waals surface area contributed by atoms with E-state index in [9.17, 15) is 19.2 Å². The Morgan fingerprint density at radius 3 is 2.08 bits per heavy atom. The minimum Gasteiger partial charge on any atom is -0.444 e. The first-order chi connectivity index (χ1) is 18.8. The molecular formula is C31H52N4O5. The summed E-state index contributed by atoms with van der Waals surface area (Å²) in [5.74, 6) is -1.61. The molecule has 9 nitrogen and oxygen atoms in total. The fourth-order valence-corrected chi connectivity index (χ4v) is 4.53. The lowest BCUT2D eigenvalue weighted by molar-refractivity contribution is -0.143. The second kappa shape index (κ2) is 17.6. The number of carbonyl (C=O) groups excluding carboxylic acids is 4. The molecule has 1 aromatic rings. The maximum Gasteiger partial charge on any atom is 0.408 e. The summed E-state index contributed by atoms with van der Waals surface area (Å²) in [5, 5.41) is 5.60. The molecule has 0 bridgehead atoms. The van der Waals surface area contributed by atoms with Gasteiger partial charge in [0.2, 0.25) is 17.7 Å². The molecular weight excluding hydrogens is 508 g/mol. The Labute approximate surface area is 241 Å². The van der Waals surface area contributed by atoms with Crippen LogP contribution in [-0.4, -0.2) is 52.9 Å². The normalized spacial score (nSPS) is 13.6. The van der Waals surface area contributed by atoms with Crippen molar-refractivity contribution in [3.63, 3.8) is 0 Å². The lowest BCUT2D eigenvalue weighted by Gasteiger charge is -2.35. The molecule has 226 valence electrons. The molecule has 40 heavy (non-hydrogen) atoms. The van der Waals surface area contributed by atoms with Gasteiger partial charge in [-0.2, -0.15) is 0 Å². The second-order valence-corrected chi connectivity index (χ2v) is 11.7. The van der Waals surface area contributed by atoms with Crippen molar-refractivity contribution in [3.8, 4) is 0 Å². The Bertz CT molecular complexity index is 942.